The topological polar surface area (TPSA) is 81.3 Å². The summed E-state index contributed by atoms with van der Waals surface area (Å²) in [6.45, 7) is 3.93. The van der Waals surface area contributed by atoms with Crippen molar-refractivity contribution in [2.75, 3.05) is 50.7 Å². The number of hydrogen-bond acceptors (Lipinski definition) is 5. The third-order valence-corrected chi connectivity index (χ3v) is 4.40. The average molecular weight is 370 g/mol. The van der Waals surface area contributed by atoms with Gasteiger partial charge in [-0.25, -0.2) is 4.99 Å². The van der Waals surface area contributed by atoms with Crippen molar-refractivity contribution in [3.8, 4) is 11.5 Å². The van der Waals surface area contributed by atoms with Crippen LogP contribution in [-0.2, 0) is 11.3 Å². The van der Waals surface area contributed by atoms with E-state index in [1.54, 1.807) is 14.2 Å². The Morgan fingerprint density at radius 2 is 1.78 bits per heavy atom. The average Bonchev–Trinajstić information content (AvgIpc) is 2.73. The van der Waals surface area contributed by atoms with Gasteiger partial charge in [-0.2, -0.15) is 0 Å². The molecule has 0 amide bonds. The molecule has 3 N–H and O–H groups in total. The van der Waals surface area contributed by atoms with Crippen molar-refractivity contribution in [1.29, 1.82) is 0 Å². The maximum absolute atomic E-state index is 6.01. The predicted molar refractivity (Wildman–Crippen MR) is 108 cm³/mol. The first-order valence-electron chi connectivity index (χ1n) is 8.90. The van der Waals surface area contributed by atoms with Crippen molar-refractivity contribution in [1.82, 2.24) is 0 Å². The van der Waals surface area contributed by atoms with Gasteiger partial charge in [0.25, 0.3) is 0 Å². The summed E-state index contributed by atoms with van der Waals surface area (Å²) in [5.74, 6) is 1.65. The molecule has 0 aromatic heterocycles. The minimum atomic E-state index is 0.347. The highest BCUT2D eigenvalue weighted by Gasteiger charge is 2.10. The number of nitrogens with two attached hydrogens (primary N) is 1. The van der Waals surface area contributed by atoms with E-state index in [9.17, 15) is 0 Å². The van der Waals surface area contributed by atoms with Gasteiger partial charge in [0.2, 0.25) is 0 Å². The fourth-order valence-corrected chi connectivity index (χ4v) is 2.91. The zero-order valence-electron chi connectivity index (χ0n) is 15.8. The fourth-order valence-electron chi connectivity index (χ4n) is 2.91. The molecule has 2 aromatic carbocycles. The second kappa shape index (κ2) is 9.14. The Morgan fingerprint density at radius 1 is 1.07 bits per heavy atom. The van der Waals surface area contributed by atoms with Gasteiger partial charge in [-0.3, -0.25) is 0 Å². The number of benzene rings is 2. The Labute approximate surface area is 159 Å². The molecule has 1 heterocycles. The molecular weight excluding hydrogens is 344 g/mol. The van der Waals surface area contributed by atoms with Crippen LogP contribution in [0.1, 0.15) is 5.56 Å². The van der Waals surface area contributed by atoms with Crippen molar-refractivity contribution in [3.05, 3.63) is 48.0 Å². The van der Waals surface area contributed by atoms with E-state index in [1.807, 2.05) is 18.2 Å². The molecule has 7 heteroatoms. The molecule has 1 saturated heterocycles. The highest BCUT2D eigenvalue weighted by Crippen LogP contribution is 2.29. The number of hydrogen-bond donors (Lipinski definition) is 2. The molecule has 1 aliphatic rings. The molecule has 1 fully saturated rings. The summed E-state index contributed by atoms with van der Waals surface area (Å²) in [6.07, 6.45) is 0. The van der Waals surface area contributed by atoms with E-state index in [-0.39, 0.29) is 0 Å². The molecule has 27 heavy (non-hydrogen) atoms. The summed E-state index contributed by atoms with van der Waals surface area (Å²) >= 11 is 0. The zero-order chi connectivity index (χ0) is 19.1. The lowest BCUT2D eigenvalue weighted by Crippen LogP contribution is -2.36. The predicted octanol–water partition coefficient (Wildman–Crippen LogP) is 2.47. The van der Waals surface area contributed by atoms with E-state index in [2.05, 4.69) is 39.5 Å². The lowest BCUT2D eigenvalue weighted by molar-refractivity contribution is 0.122. The van der Waals surface area contributed by atoms with Gasteiger partial charge in [-0.1, -0.05) is 12.1 Å². The zero-order valence-corrected chi connectivity index (χ0v) is 15.8. The summed E-state index contributed by atoms with van der Waals surface area (Å²) in [7, 11) is 3.20. The van der Waals surface area contributed by atoms with Gasteiger partial charge in [0.15, 0.2) is 17.5 Å². The summed E-state index contributed by atoms with van der Waals surface area (Å²) in [5.41, 5.74) is 9.11. The lowest BCUT2D eigenvalue weighted by Gasteiger charge is -2.28. The third kappa shape index (κ3) is 5.04. The second-order valence-electron chi connectivity index (χ2n) is 6.16. The fraction of sp³-hybridized carbons (Fsp3) is 0.350. The van der Waals surface area contributed by atoms with Crippen molar-refractivity contribution in [3.63, 3.8) is 0 Å². The van der Waals surface area contributed by atoms with E-state index < -0.39 is 0 Å². The monoisotopic (exact) mass is 370 g/mol. The molecule has 0 atom stereocenters. The Kier molecular flexibility index (Phi) is 6.38. The van der Waals surface area contributed by atoms with Gasteiger partial charge >= 0.3 is 0 Å². The van der Waals surface area contributed by atoms with Crippen LogP contribution >= 0.6 is 0 Å². The summed E-state index contributed by atoms with van der Waals surface area (Å²) in [6, 6.07) is 13.9. The highest BCUT2D eigenvalue weighted by atomic mass is 16.5. The van der Waals surface area contributed by atoms with Crippen LogP contribution in [0.4, 0.5) is 11.4 Å². The van der Waals surface area contributed by atoms with Crippen LogP contribution in [0.15, 0.2) is 47.5 Å². The molecule has 3 rings (SSSR count). The number of nitrogens with zero attached hydrogens (tertiary/aromatic N) is 2. The molecule has 7 nitrogen and oxygen atoms in total. The molecule has 0 saturated carbocycles. The van der Waals surface area contributed by atoms with Crippen molar-refractivity contribution < 1.29 is 14.2 Å². The maximum atomic E-state index is 6.01. The Hall–Kier alpha value is -2.93. The molecule has 0 spiro atoms. The smallest absolute Gasteiger partial charge is 0.193 e. The minimum Gasteiger partial charge on any atom is -0.493 e. The van der Waals surface area contributed by atoms with E-state index in [0.717, 1.165) is 37.6 Å². The number of nitrogens with one attached hydrogen (secondary N) is 1. The summed E-state index contributed by atoms with van der Waals surface area (Å²) in [5, 5.41) is 3.07. The van der Waals surface area contributed by atoms with Crippen LogP contribution in [0.2, 0.25) is 0 Å². The third-order valence-electron chi connectivity index (χ3n) is 4.40. The van der Waals surface area contributed by atoms with Crippen LogP contribution in [-0.4, -0.2) is 46.5 Å². The molecular formula is C20H26N4O3. The first-order valence-corrected chi connectivity index (χ1v) is 8.90. The summed E-state index contributed by atoms with van der Waals surface area (Å²) in [4.78, 5) is 6.73. The first kappa shape index (κ1) is 18.8. The van der Waals surface area contributed by atoms with Gasteiger partial charge in [-0.05, 0) is 29.8 Å². The summed E-state index contributed by atoms with van der Waals surface area (Å²) < 4.78 is 15.9. The van der Waals surface area contributed by atoms with Gasteiger partial charge in [0, 0.05) is 30.5 Å². The number of ether oxygens (including phenoxy) is 3. The molecule has 0 radical (unpaired) electrons. The Bertz CT molecular complexity index is 771. The normalized spacial score (nSPS) is 14.7. The second-order valence-corrected chi connectivity index (χ2v) is 6.16. The standard InChI is InChI=1S/C20H26N4O3/c1-25-18-8-5-16(13-19(18)26-2)23-20(21)22-14-15-3-6-17(7-4-15)24-9-11-27-12-10-24/h3-8,13H,9-12,14H2,1-2H3,(H3,21,22,23). The largest absolute Gasteiger partial charge is 0.493 e. The highest BCUT2D eigenvalue weighted by molar-refractivity contribution is 5.92. The van der Waals surface area contributed by atoms with Crippen molar-refractivity contribution in [2.45, 2.75) is 6.54 Å². The number of methoxy groups -OCH3 is 2. The molecule has 144 valence electrons. The Balaban J connectivity index is 1.58. The molecule has 2 aromatic rings. The molecule has 0 bridgehead atoms. The maximum Gasteiger partial charge on any atom is 0.193 e. The van der Waals surface area contributed by atoms with Gasteiger partial charge in [-0.15, -0.1) is 0 Å². The van der Waals surface area contributed by atoms with E-state index in [4.69, 9.17) is 19.9 Å². The van der Waals surface area contributed by atoms with Gasteiger partial charge in [0.1, 0.15) is 0 Å². The van der Waals surface area contributed by atoms with Crippen molar-refractivity contribution >= 4 is 17.3 Å². The SMILES string of the molecule is COc1ccc(NC(N)=NCc2ccc(N3CCOCC3)cc2)cc1OC. The minimum absolute atomic E-state index is 0.347. The number of aliphatic imine (C=N–C) groups is 1. The quantitative estimate of drug-likeness (QED) is 0.601. The molecule has 0 unspecified atom stereocenters. The van der Waals surface area contributed by atoms with Crippen LogP contribution in [0.5, 0.6) is 11.5 Å². The van der Waals surface area contributed by atoms with Crippen LogP contribution in [0, 0.1) is 0 Å². The van der Waals surface area contributed by atoms with E-state index >= 15 is 0 Å². The Morgan fingerprint density at radius 3 is 2.44 bits per heavy atom. The number of guanidine groups is 1. The van der Waals surface area contributed by atoms with E-state index in [1.165, 1.54) is 5.69 Å². The van der Waals surface area contributed by atoms with Crippen LogP contribution < -0.4 is 25.4 Å². The van der Waals surface area contributed by atoms with Crippen molar-refractivity contribution in [2.24, 2.45) is 10.7 Å². The number of morpholine rings is 1. The number of rotatable bonds is 6. The van der Waals surface area contributed by atoms with Gasteiger partial charge < -0.3 is 30.2 Å². The molecule has 1 aliphatic heterocycles. The van der Waals surface area contributed by atoms with Gasteiger partial charge in [0.05, 0.1) is 34.0 Å². The first-order chi connectivity index (χ1) is 13.2. The number of anilines is 2. The molecule has 0 aliphatic carbocycles. The lowest BCUT2D eigenvalue weighted by atomic mass is 10.2. The van der Waals surface area contributed by atoms with Crippen LogP contribution in [0.25, 0.3) is 0 Å². The van der Waals surface area contributed by atoms with E-state index in [0.29, 0.717) is 24.0 Å². The van der Waals surface area contributed by atoms with Crippen LogP contribution in [0.3, 0.4) is 0 Å².